The average Bonchev–Trinajstić information content (AvgIpc) is 2.85. The van der Waals surface area contributed by atoms with Crippen LogP contribution in [0.1, 0.15) is 26.6 Å². The van der Waals surface area contributed by atoms with Gasteiger partial charge in [0, 0.05) is 43.1 Å². The Morgan fingerprint density at radius 3 is 2.95 bits per heavy atom. The summed E-state index contributed by atoms with van der Waals surface area (Å²) in [6.45, 7) is 9.75. The summed E-state index contributed by atoms with van der Waals surface area (Å²) >= 11 is 2.06. The molecule has 1 aromatic rings. The summed E-state index contributed by atoms with van der Waals surface area (Å²) in [5.41, 5.74) is 0. The quantitative estimate of drug-likeness (QED) is 0.827. The van der Waals surface area contributed by atoms with E-state index in [1.165, 1.54) is 18.1 Å². The van der Waals surface area contributed by atoms with Gasteiger partial charge in [-0.2, -0.15) is 16.9 Å². The van der Waals surface area contributed by atoms with Crippen molar-refractivity contribution < 1.29 is 0 Å². The van der Waals surface area contributed by atoms with Gasteiger partial charge in [-0.25, -0.2) is 9.67 Å². The van der Waals surface area contributed by atoms with Crippen LogP contribution in [-0.2, 0) is 13.0 Å². The van der Waals surface area contributed by atoms with Crippen LogP contribution in [0.15, 0.2) is 6.33 Å². The van der Waals surface area contributed by atoms with Crippen molar-refractivity contribution in [3.63, 3.8) is 0 Å². The number of rotatable bonds is 7. The topological polar surface area (TPSA) is 46.0 Å². The van der Waals surface area contributed by atoms with Gasteiger partial charge in [-0.1, -0.05) is 20.8 Å². The number of aromatic nitrogens is 3. The zero-order valence-corrected chi connectivity index (χ0v) is 14.6. The number of nitrogens with one attached hydrogen (secondary N) is 1. The molecule has 2 atom stereocenters. The molecule has 0 aromatic carbocycles. The van der Waals surface area contributed by atoms with Crippen LogP contribution < -0.4 is 5.32 Å². The molecule has 1 fully saturated rings. The number of nitrogens with zero attached hydrogens (tertiary/aromatic N) is 4. The molecule has 1 N–H and O–H groups in total. The molecule has 21 heavy (non-hydrogen) atoms. The van der Waals surface area contributed by atoms with Crippen molar-refractivity contribution in [2.24, 2.45) is 5.92 Å². The van der Waals surface area contributed by atoms with Crippen LogP contribution in [0.4, 0.5) is 0 Å². The zero-order chi connectivity index (χ0) is 15.2. The Kier molecular flexibility index (Phi) is 6.51. The van der Waals surface area contributed by atoms with E-state index in [9.17, 15) is 0 Å². The molecule has 5 nitrogen and oxygen atoms in total. The third kappa shape index (κ3) is 4.69. The lowest BCUT2D eigenvalue weighted by molar-refractivity contribution is 0.212. The average molecular weight is 311 g/mol. The van der Waals surface area contributed by atoms with Gasteiger partial charge in [-0.3, -0.25) is 0 Å². The Morgan fingerprint density at radius 1 is 1.48 bits per heavy atom. The molecule has 0 aliphatic carbocycles. The smallest absolute Gasteiger partial charge is 0.138 e. The maximum absolute atomic E-state index is 4.50. The van der Waals surface area contributed by atoms with Crippen LogP contribution in [0.3, 0.4) is 0 Å². The summed E-state index contributed by atoms with van der Waals surface area (Å²) in [4.78, 5) is 6.99. The summed E-state index contributed by atoms with van der Waals surface area (Å²) in [7, 11) is 2.24. The SMILES string of the molecule is CCNC(Cc1ncnn1CC(C)C)C1CSCCN1C. The summed E-state index contributed by atoms with van der Waals surface area (Å²) < 4.78 is 2.07. The van der Waals surface area contributed by atoms with Crippen molar-refractivity contribution in [2.75, 3.05) is 31.6 Å². The van der Waals surface area contributed by atoms with Gasteiger partial charge in [0.2, 0.25) is 0 Å². The number of thioether (sulfide) groups is 1. The number of hydrogen-bond donors (Lipinski definition) is 1. The first-order chi connectivity index (χ1) is 10.1. The minimum absolute atomic E-state index is 0.447. The molecular weight excluding hydrogens is 282 g/mol. The highest BCUT2D eigenvalue weighted by Gasteiger charge is 2.28. The van der Waals surface area contributed by atoms with Gasteiger partial charge in [-0.15, -0.1) is 0 Å². The molecule has 1 saturated heterocycles. The van der Waals surface area contributed by atoms with E-state index in [1.54, 1.807) is 6.33 Å². The monoisotopic (exact) mass is 311 g/mol. The molecule has 1 aliphatic rings. The lowest BCUT2D eigenvalue weighted by Gasteiger charge is -2.38. The molecule has 6 heteroatoms. The highest BCUT2D eigenvalue weighted by molar-refractivity contribution is 7.99. The van der Waals surface area contributed by atoms with Crippen LogP contribution in [0.5, 0.6) is 0 Å². The van der Waals surface area contributed by atoms with Gasteiger partial charge >= 0.3 is 0 Å². The summed E-state index contributed by atoms with van der Waals surface area (Å²) in [6.07, 6.45) is 2.65. The number of hydrogen-bond acceptors (Lipinski definition) is 5. The minimum Gasteiger partial charge on any atom is -0.312 e. The second kappa shape index (κ2) is 8.15. The molecule has 1 aromatic heterocycles. The maximum Gasteiger partial charge on any atom is 0.138 e. The third-order valence-electron chi connectivity index (χ3n) is 4.01. The normalized spacial score (nSPS) is 21.9. The van der Waals surface area contributed by atoms with Crippen LogP contribution >= 0.6 is 11.8 Å². The van der Waals surface area contributed by atoms with Crippen LogP contribution in [-0.4, -0.2) is 63.4 Å². The van der Waals surface area contributed by atoms with E-state index >= 15 is 0 Å². The van der Waals surface area contributed by atoms with Crippen molar-refractivity contribution in [1.82, 2.24) is 25.0 Å². The van der Waals surface area contributed by atoms with Crippen molar-refractivity contribution >= 4 is 11.8 Å². The summed E-state index contributed by atoms with van der Waals surface area (Å²) in [6, 6.07) is 1.02. The Hall–Kier alpha value is -0.590. The third-order valence-corrected chi connectivity index (χ3v) is 5.06. The molecule has 2 unspecified atom stereocenters. The summed E-state index contributed by atoms with van der Waals surface area (Å²) in [5.74, 6) is 4.15. The van der Waals surface area contributed by atoms with E-state index in [-0.39, 0.29) is 0 Å². The fourth-order valence-electron chi connectivity index (χ4n) is 2.88. The molecule has 1 aliphatic heterocycles. The second-order valence-corrected chi connectivity index (χ2v) is 7.39. The predicted molar refractivity (Wildman–Crippen MR) is 89.8 cm³/mol. The molecular formula is C15H29N5S. The molecule has 0 radical (unpaired) electrons. The maximum atomic E-state index is 4.50. The second-order valence-electron chi connectivity index (χ2n) is 6.24. The van der Waals surface area contributed by atoms with Gasteiger partial charge in [-0.05, 0) is 19.5 Å². The molecule has 2 heterocycles. The fraction of sp³-hybridized carbons (Fsp3) is 0.867. The van der Waals surface area contributed by atoms with E-state index in [0.29, 0.717) is 18.0 Å². The van der Waals surface area contributed by atoms with Gasteiger partial charge in [0.05, 0.1) is 0 Å². The van der Waals surface area contributed by atoms with Gasteiger partial charge in [0.25, 0.3) is 0 Å². The lowest BCUT2D eigenvalue weighted by atomic mass is 10.0. The predicted octanol–water partition coefficient (Wildman–Crippen LogP) is 1.50. The van der Waals surface area contributed by atoms with E-state index in [0.717, 1.165) is 25.3 Å². The standard InChI is InChI=1S/C15H29N5S/c1-5-16-13(14-10-21-7-6-19(14)4)8-15-17-11-18-20(15)9-12(2)3/h11-14,16H,5-10H2,1-4H3. The van der Waals surface area contributed by atoms with Crippen LogP contribution in [0.2, 0.25) is 0 Å². The number of likely N-dealkylation sites (N-methyl/N-ethyl adjacent to an activating group) is 2. The molecule has 120 valence electrons. The van der Waals surface area contributed by atoms with E-state index in [2.05, 4.69) is 64.6 Å². The summed E-state index contributed by atoms with van der Waals surface area (Å²) in [5, 5.41) is 8.06. The largest absolute Gasteiger partial charge is 0.312 e. The van der Waals surface area contributed by atoms with Gasteiger partial charge in [0.1, 0.15) is 12.2 Å². The molecule has 2 rings (SSSR count). The fourth-order valence-corrected chi connectivity index (χ4v) is 4.19. The van der Waals surface area contributed by atoms with E-state index in [4.69, 9.17) is 0 Å². The lowest BCUT2D eigenvalue weighted by Crippen LogP contribution is -2.54. The van der Waals surface area contributed by atoms with Crippen molar-refractivity contribution in [3.05, 3.63) is 12.2 Å². The molecule has 0 bridgehead atoms. The highest BCUT2D eigenvalue weighted by atomic mass is 32.2. The first-order valence-electron chi connectivity index (χ1n) is 7.99. The van der Waals surface area contributed by atoms with Crippen molar-refractivity contribution in [3.8, 4) is 0 Å². The van der Waals surface area contributed by atoms with Gasteiger partial charge in [0.15, 0.2) is 0 Å². The van der Waals surface area contributed by atoms with E-state index in [1.807, 2.05) is 0 Å². The molecule has 0 saturated carbocycles. The first-order valence-corrected chi connectivity index (χ1v) is 9.15. The van der Waals surface area contributed by atoms with E-state index < -0.39 is 0 Å². The Bertz CT molecular complexity index is 420. The Labute approximate surface area is 132 Å². The van der Waals surface area contributed by atoms with Crippen molar-refractivity contribution in [1.29, 1.82) is 0 Å². The first kappa shape index (κ1) is 16.8. The minimum atomic E-state index is 0.447. The molecule has 0 spiro atoms. The zero-order valence-electron chi connectivity index (χ0n) is 13.7. The van der Waals surface area contributed by atoms with Gasteiger partial charge < -0.3 is 10.2 Å². The Balaban J connectivity index is 2.07. The van der Waals surface area contributed by atoms with Crippen molar-refractivity contribution in [2.45, 2.75) is 45.8 Å². The van der Waals surface area contributed by atoms with Crippen LogP contribution in [0.25, 0.3) is 0 Å². The Morgan fingerprint density at radius 2 is 2.29 bits per heavy atom. The molecule has 0 amide bonds. The van der Waals surface area contributed by atoms with Crippen LogP contribution in [0, 0.1) is 5.92 Å². The highest BCUT2D eigenvalue weighted by Crippen LogP contribution is 2.19.